The Labute approximate surface area is 118 Å². The van der Waals surface area contributed by atoms with Gasteiger partial charge in [0.1, 0.15) is 0 Å². The Morgan fingerprint density at radius 3 is 2.75 bits per heavy atom. The van der Waals surface area contributed by atoms with Crippen molar-refractivity contribution in [3.63, 3.8) is 0 Å². The number of thiophene rings is 1. The molecule has 0 aromatic carbocycles. The van der Waals surface area contributed by atoms with Crippen molar-refractivity contribution in [2.75, 3.05) is 0 Å². The van der Waals surface area contributed by atoms with Crippen molar-refractivity contribution in [3.05, 3.63) is 19.2 Å². The SMILES string of the molecule is CC1(C)CCC(NCc2cc(Br)c(Br)s2)C1. The van der Waals surface area contributed by atoms with E-state index < -0.39 is 0 Å². The third-order valence-electron chi connectivity index (χ3n) is 3.23. The first kappa shape index (κ1) is 13.1. The zero-order valence-corrected chi connectivity index (χ0v) is 13.6. The summed E-state index contributed by atoms with van der Waals surface area (Å²) in [4.78, 5) is 1.39. The van der Waals surface area contributed by atoms with Crippen LogP contribution in [0.25, 0.3) is 0 Å². The van der Waals surface area contributed by atoms with Crippen LogP contribution in [-0.4, -0.2) is 6.04 Å². The van der Waals surface area contributed by atoms with Crippen LogP contribution < -0.4 is 5.32 Å². The predicted molar refractivity (Wildman–Crippen MR) is 78.0 cm³/mol. The minimum atomic E-state index is 0.536. The average molecular weight is 367 g/mol. The van der Waals surface area contributed by atoms with Gasteiger partial charge in [-0.05, 0) is 62.6 Å². The molecule has 0 spiro atoms. The number of nitrogens with one attached hydrogen (secondary N) is 1. The first-order valence-corrected chi connectivity index (χ1v) is 8.04. The van der Waals surface area contributed by atoms with Gasteiger partial charge in [-0.1, -0.05) is 13.8 Å². The minimum absolute atomic E-state index is 0.536. The van der Waals surface area contributed by atoms with Gasteiger partial charge in [0.15, 0.2) is 0 Å². The van der Waals surface area contributed by atoms with Gasteiger partial charge in [0.05, 0.1) is 3.79 Å². The molecule has 4 heteroatoms. The summed E-state index contributed by atoms with van der Waals surface area (Å²) in [5.74, 6) is 0. The highest BCUT2D eigenvalue weighted by Gasteiger charge is 2.30. The molecule has 0 amide bonds. The highest BCUT2D eigenvalue weighted by molar-refractivity contribution is 9.13. The molecule has 90 valence electrons. The van der Waals surface area contributed by atoms with E-state index in [4.69, 9.17) is 0 Å². The van der Waals surface area contributed by atoms with Crippen molar-refractivity contribution in [2.45, 2.75) is 45.7 Å². The van der Waals surface area contributed by atoms with E-state index in [0.717, 1.165) is 6.54 Å². The monoisotopic (exact) mass is 365 g/mol. The minimum Gasteiger partial charge on any atom is -0.309 e. The molecule has 1 fully saturated rings. The maximum absolute atomic E-state index is 3.66. The molecule has 1 aliphatic rings. The highest BCUT2D eigenvalue weighted by Crippen LogP contribution is 2.37. The molecular formula is C12H17Br2NS. The van der Waals surface area contributed by atoms with Gasteiger partial charge < -0.3 is 5.32 Å². The second kappa shape index (κ2) is 5.09. The van der Waals surface area contributed by atoms with Crippen LogP contribution in [0, 0.1) is 5.41 Å². The van der Waals surface area contributed by atoms with E-state index in [2.05, 4.69) is 57.1 Å². The topological polar surface area (TPSA) is 12.0 Å². The van der Waals surface area contributed by atoms with Crippen LogP contribution in [0.5, 0.6) is 0 Å². The van der Waals surface area contributed by atoms with E-state index >= 15 is 0 Å². The van der Waals surface area contributed by atoms with Gasteiger partial charge in [0.25, 0.3) is 0 Å². The van der Waals surface area contributed by atoms with Crippen molar-refractivity contribution < 1.29 is 0 Å². The van der Waals surface area contributed by atoms with Crippen molar-refractivity contribution in [2.24, 2.45) is 5.41 Å². The molecule has 0 saturated heterocycles. The summed E-state index contributed by atoms with van der Waals surface area (Å²) in [6, 6.07) is 2.90. The molecule has 1 nitrogen and oxygen atoms in total. The molecule has 1 heterocycles. The molecule has 1 aromatic rings. The summed E-state index contributed by atoms with van der Waals surface area (Å²) in [6.45, 7) is 5.73. The molecule has 0 bridgehead atoms. The second-order valence-electron chi connectivity index (χ2n) is 5.32. The number of rotatable bonds is 3. The lowest BCUT2D eigenvalue weighted by molar-refractivity contribution is 0.364. The summed E-state index contributed by atoms with van der Waals surface area (Å²) < 4.78 is 2.36. The quantitative estimate of drug-likeness (QED) is 0.798. The van der Waals surface area contributed by atoms with Crippen LogP contribution in [0.15, 0.2) is 14.3 Å². The van der Waals surface area contributed by atoms with Gasteiger partial charge in [0.2, 0.25) is 0 Å². The van der Waals surface area contributed by atoms with Gasteiger partial charge in [-0.25, -0.2) is 0 Å². The molecular weight excluding hydrogens is 350 g/mol. The molecule has 1 saturated carbocycles. The molecule has 1 aromatic heterocycles. The highest BCUT2D eigenvalue weighted by atomic mass is 79.9. The van der Waals surface area contributed by atoms with Gasteiger partial charge in [-0.15, -0.1) is 11.3 Å². The lowest BCUT2D eigenvalue weighted by Crippen LogP contribution is -2.26. The molecule has 0 aliphatic heterocycles. The van der Waals surface area contributed by atoms with Gasteiger partial charge in [-0.3, -0.25) is 0 Å². The third kappa shape index (κ3) is 3.31. The first-order valence-electron chi connectivity index (χ1n) is 5.63. The van der Waals surface area contributed by atoms with Crippen LogP contribution in [0.4, 0.5) is 0 Å². The predicted octanol–water partition coefficient (Wildman–Crippen LogP) is 4.94. The molecule has 1 atom stereocenters. The standard InChI is InChI=1S/C12H17Br2NS/c1-12(2)4-3-8(6-12)15-7-9-5-10(13)11(14)16-9/h5,8,15H,3-4,6-7H2,1-2H3. The first-order chi connectivity index (χ1) is 7.46. The molecule has 1 N–H and O–H groups in total. The van der Waals surface area contributed by atoms with E-state index in [0.29, 0.717) is 11.5 Å². The van der Waals surface area contributed by atoms with Gasteiger partial charge in [0, 0.05) is 21.9 Å². The van der Waals surface area contributed by atoms with E-state index in [1.807, 2.05) is 0 Å². The normalized spacial score (nSPS) is 23.9. The average Bonchev–Trinajstić information content (AvgIpc) is 2.68. The number of hydrogen-bond donors (Lipinski definition) is 1. The van der Waals surface area contributed by atoms with E-state index in [1.54, 1.807) is 11.3 Å². The summed E-state index contributed by atoms with van der Waals surface area (Å²) in [5.41, 5.74) is 0.536. The van der Waals surface area contributed by atoms with Crippen LogP contribution >= 0.6 is 43.2 Å². The summed E-state index contributed by atoms with van der Waals surface area (Å²) >= 11 is 8.86. The van der Waals surface area contributed by atoms with E-state index in [-0.39, 0.29) is 0 Å². The summed E-state index contributed by atoms with van der Waals surface area (Å²) in [7, 11) is 0. The molecule has 16 heavy (non-hydrogen) atoms. The lowest BCUT2D eigenvalue weighted by Gasteiger charge is -2.17. The Hall–Kier alpha value is 0.620. The zero-order chi connectivity index (χ0) is 11.8. The number of hydrogen-bond acceptors (Lipinski definition) is 2. The second-order valence-corrected chi connectivity index (χ2v) is 8.63. The maximum Gasteiger partial charge on any atom is 0.0843 e. The van der Waals surface area contributed by atoms with Crippen LogP contribution in [0.3, 0.4) is 0 Å². The summed E-state index contributed by atoms with van der Waals surface area (Å²) in [6.07, 6.45) is 3.98. The Balaban J connectivity index is 1.84. The van der Waals surface area contributed by atoms with Crippen molar-refractivity contribution in [3.8, 4) is 0 Å². The maximum atomic E-state index is 3.66. The van der Waals surface area contributed by atoms with Crippen LogP contribution in [0.1, 0.15) is 38.0 Å². The fraction of sp³-hybridized carbons (Fsp3) is 0.667. The fourth-order valence-corrected chi connectivity index (χ4v) is 4.46. The molecule has 1 aliphatic carbocycles. The van der Waals surface area contributed by atoms with Crippen LogP contribution in [-0.2, 0) is 6.54 Å². The molecule has 1 unspecified atom stereocenters. The van der Waals surface area contributed by atoms with E-state index in [1.165, 1.54) is 32.4 Å². The number of halogens is 2. The largest absolute Gasteiger partial charge is 0.309 e. The smallest absolute Gasteiger partial charge is 0.0843 e. The van der Waals surface area contributed by atoms with Gasteiger partial charge >= 0.3 is 0 Å². The Bertz CT molecular complexity index is 354. The fourth-order valence-electron chi connectivity index (χ4n) is 2.33. The zero-order valence-electron chi connectivity index (χ0n) is 9.65. The van der Waals surface area contributed by atoms with Gasteiger partial charge in [-0.2, -0.15) is 0 Å². The molecule has 2 rings (SSSR count). The Kier molecular flexibility index (Phi) is 4.15. The van der Waals surface area contributed by atoms with Crippen molar-refractivity contribution in [1.29, 1.82) is 0 Å². The molecule has 0 radical (unpaired) electrons. The lowest BCUT2D eigenvalue weighted by atomic mass is 9.92. The Morgan fingerprint density at radius 1 is 1.50 bits per heavy atom. The van der Waals surface area contributed by atoms with Crippen molar-refractivity contribution >= 4 is 43.2 Å². The van der Waals surface area contributed by atoms with E-state index in [9.17, 15) is 0 Å². The Morgan fingerprint density at radius 2 is 2.25 bits per heavy atom. The van der Waals surface area contributed by atoms with Crippen LogP contribution in [0.2, 0.25) is 0 Å². The van der Waals surface area contributed by atoms with Crippen molar-refractivity contribution in [1.82, 2.24) is 5.32 Å². The third-order valence-corrected chi connectivity index (χ3v) is 6.49. The summed E-state index contributed by atoms with van der Waals surface area (Å²) in [5, 5.41) is 3.66.